The molecule has 0 saturated carbocycles. The van der Waals surface area contributed by atoms with Crippen molar-refractivity contribution in [2.24, 2.45) is 5.41 Å². The van der Waals surface area contributed by atoms with Crippen LogP contribution in [0.1, 0.15) is 30.7 Å². The summed E-state index contributed by atoms with van der Waals surface area (Å²) in [6, 6.07) is 10.5. The molecule has 0 aliphatic carbocycles. The minimum atomic E-state index is 0.397. The molecule has 2 aliphatic rings. The van der Waals surface area contributed by atoms with Crippen LogP contribution in [0.5, 0.6) is 0 Å². The largest absolute Gasteiger partial charge is 0.380 e. The zero-order valence-electron chi connectivity index (χ0n) is 13.7. The Morgan fingerprint density at radius 3 is 2.61 bits per heavy atom. The minimum absolute atomic E-state index is 0.397. The minimum Gasteiger partial charge on any atom is -0.380 e. The van der Waals surface area contributed by atoms with Crippen LogP contribution in [0.3, 0.4) is 0 Å². The van der Waals surface area contributed by atoms with Crippen molar-refractivity contribution in [3.63, 3.8) is 0 Å². The first-order valence-corrected chi connectivity index (χ1v) is 9.41. The molecule has 0 bridgehead atoms. The summed E-state index contributed by atoms with van der Waals surface area (Å²) in [5, 5.41) is 3.53. The van der Waals surface area contributed by atoms with E-state index in [9.17, 15) is 0 Å². The van der Waals surface area contributed by atoms with E-state index in [1.54, 1.807) is 0 Å². The Morgan fingerprint density at radius 1 is 1.22 bits per heavy atom. The van der Waals surface area contributed by atoms with Crippen LogP contribution in [-0.4, -0.2) is 42.7 Å². The van der Waals surface area contributed by atoms with Gasteiger partial charge in [-0.1, -0.05) is 37.3 Å². The predicted octanol–water partition coefficient (Wildman–Crippen LogP) is 4.03. The Balaban J connectivity index is 1.36. The van der Waals surface area contributed by atoms with Gasteiger partial charge in [0.15, 0.2) is 0 Å². The summed E-state index contributed by atoms with van der Waals surface area (Å²) in [7, 11) is 0. The molecule has 0 amide bonds. The number of piperidine rings is 1. The maximum absolute atomic E-state index is 5.38. The van der Waals surface area contributed by atoms with Gasteiger partial charge >= 0.3 is 0 Å². The van der Waals surface area contributed by atoms with E-state index in [0.717, 1.165) is 18.9 Å². The van der Waals surface area contributed by atoms with Crippen molar-refractivity contribution in [3.05, 3.63) is 40.7 Å². The number of thiazole rings is 1. The molecule has 2 aromatic rings. The number of aromatic nitrogens is 1. The van der Waals surface area contributed by atoms with Crippen molar-refractivity contribution < 1.29 is 4.74 Å². The monoisotopic (exact) mass is 328 g/mol. The molecule has 2 saturated heterocycles. The highest BCUT2D eigenvalue weighted by Crippen LogP contribution is 2.35. The van der Waals surface area contributed by atoms with Crippen molar-refractivity contribution >= 4 is 11.3 Å². The topological polar surface area (TPSA) is 25.4 Å². The Labute approximate surface area is 142 Å². The standard InChI is InChI=1S/C19H24N2OS/c1-19(13-22-14-19)12-21-9-7-16(8-10-21)18-20-17(11-23-18)15-5-3-2-4-6-15/h2-6,11,16H,7-10,12-14H2,1H3. The molecule has 0 N–H and O–H groups in total. The lowest BCUT2D eigenvalue weighted by molar-refractivity contribution is -0.116. The normalized spacial score (nSPS) is 22.0. The average Bonchev–Trinajstić information content (AvgIpc) is 3.05. The number of nitrogens with zero attached hydrogens (tertiary/aromatic N) is 2. The zero-order chi connectivity index (χ0) is 15.7. The number of benzene rings is 1. The lowest BCUT2D eigenvalue weighted by Crippen LogP contribution is -2.50. The summed E-state index contributed by atoms with van der Waals surface area (Å²) >= 11 is 1.83. The maximum Gasteiger partial charge on any atom is 0.0964 e. The van der Waals surface area contributed by atoms with Crippen LogP contribution in [0, 0.1) is 5.41 Å². The van der Waals surface area contributed by atoms with E-state index in [0.29, 0.717) is 11.3 Å². The lowest BCUT2D eigenvalue weighted by Gasteiger charge is -2.43. The molecule has 1 aromatic heterocycles. The number of rotatable bonds is 4. The van der Waals surface area contributed by atoms with Gasteiger partial charge in [-0.3, -0.25) is 0 Å². The molecule has 0 unspecified atom stereocenters. The summed E-state index contributed by atoms with van der Waals surface area (Å²) < 4.78 is 5.38. The number of hydrogen-bond donors (Lipinski definition) is 0. The molecule has 3 nitrogen and oxygen atoms in total. The van der Waals surface area contributed by atoms with Gasteiger partial charge in [-0.05, 0) is 25.9 Å². The molecule has 2 aliphatic heterocycles. The van der Waals surface area contributed by atoms with Crippen molar-refractivity contribution in [1.82, 2.24) is 9.88 Å². The summed E-state index contributed by atoms with van der Waals surface area (Å²) in [5.74, 6) is 0.638. The predicted molar refractivity (Wildman–Crippen MR) is 94.9 cm³/mol. The summed E-state index contributed by atoms with van der Waals surface area (Å²) in [6.07, 6.45) is 2.47. The van der Waals surface area contributed by atoms with Crippen LogP contribution >= 0.6 is 11.3 Å². The Kier molecular flexibility index (Phi) is 4.22. The Hall–Kier alpha value is -1.23. The van der Waals surface area contributed by atoms with E-state index >= 15 is 0 Å². The number of hydrogen-bond acceptors (Lipinski definition) is 4. The highest BCUT2D eigenvalue weighted by atomic mass is 32.1. The van der Waals surface area contributed by atoms with Crippen molar-refractivity contribution in [1.29, 1.82) is 0 Å². The second kappa shape index (κ2) is 6.34. The molecule has 2 fully saturated rings. The smallest absolute Gasteiger partial charge is 0.0964 e. The fraction of sp³-hybridized carbons (Fsp3) is 0.526. The fourth-order valence-electron chi connectivity index (χ4n) is 3.64. The third-order valence-electron chi connectivity index (χ3n) is 5.03. The number of likely N-dealkylation sites (tertiary alicyclic amines) is 1. The quantitative estimate of drug-likeness (QED) is 0.847. The van der Waals surface area contributed by atoms with Gasteiger partial charge in [0.25, 0.3) is 0 Å². The fourth-order valence-corrected chi connectivity index (χ4v) is 4.64. The van der Waals surface area contributed by atoms with E-state index in [4.69, 9.17) is 9.72 Å². The first-order chi connectivity index (χ1) is 11.2. The molecule has 122 valence electrons. The van der Waals surface area contributed by atoms with Gasteiger partial charge in [-0.25, -0.2) is 4.98 Å². The van der Waals surface area contributed by atoms with Gasteiger partial charge in [0.1, 0.15) is 0 Å². The molecular weight excluding hydrogens is 304 g/mol. The van der Waals surface area contributed by atoms with E-state index in [2.05, 4.69) is 47.5 Å². The molecule has 0 spiro atoms. The van der Waals surface area contributed by atoms with Crippen LogP contribution in [0.2, 0.25) is 0 Å². The molecule has 4 heteroatoms. The summed E-state index contributed by atoms with van der Waals surface area (Å²) in [6.45, 7) is 7.78. The Morgan fingerprint density at radius 2 is 1.96 bits per heavy atom. The molecule has 3 heterocycles. The first-order valence-electron chi connectivity index (χ1n) is 8.53. The zero-order valence-corrected chi connectivity index (χ0v) is 14.5. The van der Waals surface area contributed by atoms with Crippen molar-refractivity contribution in [3.8, 4) is 11.3 Å². The molecule has 23 heavy (non-hydrogen) atoms. The van der Waals surface area contributed by atoms with Crippen LogP contribution < -0.4 is 0 Å². The molecule has 0 radical (unpaired) electrons. The highest BCUT2D eigenvalue weighted by Gasteiger charge is 2.36. The van der Waals surface area contributed by atoms with Gasteiger partial charge in [0, 0.05) is 28.8 Å². The van der Waals surface area contributed by atoms with Gasteiger partial charge in [-0.2, -0.15) is 0 Å². The van der Waals surface area contributed by atoms with E-state index in [1.165, 1.54) is 43.0 Å². The molecular formula is C19H24N2OS. The lowest BCUT2D eigenvalue weighted by atomic mass is 9.86. The molecule has 0 atom stereocenters. The van der Waals surface area contributed by atoms with Crippen molar-refractivity contribution in [2.45, 2.75) is 25.7 Å². The van der Waals surface area contributed by atoms with E-state index in [-0.39, 0.29) is 0 Å². The van der Waals surface area contributed by atoms with E-state index < -0.39 is 0 Å². The van der Waals surface area contributed by atoms with Crippen LogP contribution in [0.4, 0.5) is 0 Å². The van der Waals surface area contributed by atoms with Gasteiger partial charge in [-0.15, -0.1) is 11.3 Å². The van der Waals surface area contributed by atoms with E-state index in [1.807, 2.05) is 11.3 Å². The summed E-state index contributed by atoms with van der Waals surface area (Å²) in [5.41, 5.74) is 2.76. The third-order valence-corrected chi connectivity index (χ3v) is 6.04. The number of ether oxygens (including phenoxy) is 1. The van der Waals surface area contributed by atoms with Crippen LogP contribution in [-0.2, 0) is 4.74 Å². The van der Waals surface area contributed by atoms with Gasteiger partial charge in [0.2, 0.25) is 0 Å². The molecule has 1 aromatic carbocycles. The second-order valence-corrected chi connectivity index (χ2v) is 8.18. The van der Waals surface area contributed by atoms with Crippen molar-refractivity contribution in [2.75, 3.05) is 32.8 Å². The van der Waals surface area contributed by atoms with Gasteiger partial charge in [0.05, 0.1) is 23.9 Å². The average molecular weight is 328 g/mol. The summed E-state index contributed by atoms with van der Waals surface area (Å²) in [4.78, 5) is 7.53. The maximum atomic E-state index is 5.38. The first kappa shape index (κ1) is 15.3. The highest BCUT2D eigenvalue weighted by molar-refractivity contribution is 7.10. The molecule has 4 rings (SSSR count). The third kappa shape index (κ3) is 3.35. The van der Waals surface area contributed by atoms with Gasteiger partial charge < -0.3 is 9.64 Å². The second-order valence-electron chi connectivity index (χ2n) is 7.29. The SMILES string of the molecule is CC1(CN2CCC(c3nc(-c4ccccc4)cs3)CC2)COC1. The van der Waals surface area contributed by atoms with Crippen LogP contribution in [0.25, 0.3) is 11.3 Å². The Bertz CT molecular complexity index is 642. The van der Waals surface area contributed by atoms with Crippen LogP contribution in [0.15, 0.2) is 35.7 Å².